The Hall–Kier alpha value is -1.67. The zero-order valence-electron chi connectivity index (χ0n) is 8.77. The summed E-state index contributed by atoms with van der Waals surface area (Å²) in [7, 11) is 1.94. The number of aromatic nitrogens is 1. The Labute approximate surface area is 90.0 Å². The van der Waals surface area contributed by atoms with Crippen molar-refractivity contribution in [3.63, 3.8) is 0 Å². The van der Waals surface area contributed by atoms with Gasteiger partial charge in [-0.15, -0.1) is 0 Å². The number of hydrogen-bond acceptors (Lipinski definition) is 2. The maximum Gasteiger partial charge on any atom is 0.0346 e. The lowest BCUT2D eigenvalue weighted by Gasteiger charge is -2.04. The van der Waals surface area contributed by atoms with Crippen LogP contribution >= 0.6 is 0 Å². The number of nitrogens with zero attached hydrogens (tertiary/aromatic N) is 1. The summed E-state index contributed by atoms with van der Waals surface area (Å²) in [6.45, 7) is 0.855. The molecule has 0 aliphatic rings. The zero-order valence-corrected chi connectivity index (χ0v) is 8.77. The predicted octanol–water partition coefficient (Wildman–Crippen LogP) is 2.47. The van der Waals surface area contributed by atoms with E-state index in [1.165, 1.54) is 16.7 Å². The third kappa shape index (κ3) is 2.42. The molecule has 0 unspecified atom stereocenters. The van der Waals surface area contributed by atoms with E-state index >= 15 is 0 Å². The minimum absolute atomic E-state index is 0.855. The van der Waals surface area contributed by atoms with Gasteiger partial charge in [-0.05, 0) is 24.2 Å². The second-order valence-electron chi connectivity index (χ2n) is 3.48. The first kappa shape index (κ1) is 9.87. The molecule has 1 aromatic carbocycles. The van der Waals surface area contributed by atoms with E-state index in [0.29, 0.717) is 0 Å². The van der Waals surface area contributed by atoms with Crippen LogP contribution in [0.5, 0.6) is 0 Å². The van der Waals surface area contributed by atoms with Crippen molar-refractivity contribution in [1.82, 2.24) is 10.3 Å². The van der Waals surface area contributed by atoms with Gasteiger partial charge in [-0.25, -0.2) is 0 Å². The van der Waals surface area contributed by atoms with E-state index < -0.39 is 0 Å². The average Bonchev–Trinajstić information content (AvgIpc) is 2.31. The van der Waals surface area contributed by atoms with Crippen molar-refractivity contribution < 1.29 is 0 Å². The molecule has 0 saturated heterocycles. The molecule has 1 N–H and O–H groups in total. The highest BCUT2D eigenvalue weighted by molar-refractivity contribution is 5.62. The highest BCUT2D eigenvalue weighted by Crippen LogP contribution is 2.18. The molecule has 0 fully saturated rings. The summed E-state index contributed by atoms with van der Waals surface area (Å²) in [6, 6.07) is 12.5. The van der Waals surface area contributed by atoms with Gasteiger partial charge >= 0.3 is 0 Å². The quantitative estimate of drug-likeness (QED) is 0.819. The van der Waals surface area contributed by atoms with Crippen LogP contribution in [0.15, 0.2) is 48.8 Å². The summed E-state index contributed by atoms with van der Waals surface area (Å²) < 4.78 is 0. The lowest BCUT2D eigenvalue weighted by molar-refractivity contribution is 0.813. The Balaban J connectivity index is 2.33. The van der Waals surface area contributed by atoms with E-state index in [0.717, 1.165) is 6.54 Å². The Morgan fingerprint density at radius 1 is 1.07 bits per heavy atom. The van der Waals surface area contributed by atoms with Crippen molar-refractivity contribution in [3.8, 4) is 11.1 Å². The average molecular weight is 198 g/mol. The van der Waals surface area contributed by atoms with Crippen LogP contribution in [0.4, 0.5) is 0 Å². The van der Waals surface area contributed by atoms with Gasteiger partial charge in [0.05, 0.1) is 0 Å². The van der Waals surface area contributed by atoms with Crippen LogP contribution in [0.3, 0.4) is 0 Å². The summed E-state index contributed by atoms with van der Waals surface area (Å²) in [5, 5.41) is 3.12. The highest BCUT2D eigenvalue weighted by Gasteiger charge is 1.98. The molecule has 0 aliphatic heterocycles. The Bertz CT molecular complexity index is 424. The second kappa shape index (κ2) is 4.71. The fraction of sp³-hybridized carbons (Fsp3) is 0.154. The third-order valence-corrected chi connectivity index (χ3v) is 2.28. The van der Waals surface area contributed by atoms with Gasteiger partial charge in [0.1, 0.15) is 0 Å². The Kier molecular flexibility index (Phi) is 3.10. The molecular weight excluding hydrogens is 184 g/mol. The number of benzene rings is 1. The van der Waals surface area contributed by atoms with E-state index in [4.69, 9.17) is 0 Å². The number of pyridine rings is 1. The summed E-state index contributed by atoms with van der Waals surface area (Å²) in [6.07, 6.45) is 3.79. The summed E-state index contributed by atoms with van der Waals surface area (Å²) in [5.74, 6) is 0. The van der Waals surface area contributed by atoms with Crippen LogP contribution in [-0.4, -0.2) is 12.0 Å². The van der Waals surface area contributed by atoms with Gasteiger partial charge in [0.25, 0.3) is 0 Å². The van der Waals surface area contributed by atoms with Crippen LogP contribution < -0.4 is 5.32 Å². The number of hydrogen-bond donors (Lipinski definition) is 1. The fourth-order valence-electron chi connectivity index (χ4n) is 1.58. The maximum absolute atomic E-state index is 4.24. The number of rotatable bonds is 3. The standard InChI is InChI=1S/C13H14N2/c1-14-8-11-7-13(10-15-9-11)12-5-3-2-4-6-12/h2-7,9-10,14H,8H2,1H3. The van der Waals surface area contributed by atoms with E-state index in [1.807, 2.05) is 37.6 Å². The van der Waals surface area contributed by atoms with Gasteiger partial charge in [-0.3, -0.25) is 4.98 Å². The van der Waals surface area contributed by atoms with Crippen LogP contribution in [0, 0.1) is 0 Å². The van der Waals surface area contributed by atoms with Crippen molar-refractivity contribution in [3.05, 3.63) is 54.4 Å². The largest absolute Gasteiger partial charge is 0.316 e. The predicted molar refractivity (Wildman–Crippen MR) is 62.4 cm³/mol. The molecule has 76 valence electrons. The molecule has 0 spiro atoms. The third-order valence-electron chi connectivity index (χ3n) is 2.28. The second-order valence-corrected chi connectivity index (χ2v) is 3.48. The SMILES string of the molecule is CNCc1cncc(-c2ccccc2)c1. The fourth-order valence-corrected chi connectivity index (χ4v) is 1.58. The topological polar surface area (TPSA) is 24.9 Å². The van der Waals surface area contributed by atoms with Gasteiger partial charge in [0.15, 0.2) is 0 Å². The molecule has 0 saturated carbocycles. The molecule has 2 aromatic rings. The molecule has 0 radical (unpaired) electrons. The lowest BCUT2D eigenvalue weighted by atomic mass is 10.1. The minimum atomic E-state index is 0.855. The molecule has 2 nitrogen and oxygen atoms in total. The minimum Gasteiger partial charge on any atom is -0.316 e. The molecular formula is C13H14N2. The van der Waals surface area contributed by atoms with Crippen LogP contribution in [-0.2, 0) is 6.54 Å². The van der Waals surface area contributed by atoms with Crippen molar-refractivity contribution in [1.29, 1.82) is 0 Å². The van der Waals surface area contributed by atoms with E-state index in [1.54, 1.807) is 0 Å². The van der Waals surface area contributed by atoms with Gasteiger partial charge in [0, 0.05) is 24.5 Å². The van der Waals surface area contributed by atoms with Gasteiger partial charge < -0.3 is 5.32 Å². The molecule has 0 amide bonds. The maximum atomic E-state index is 4.24. The van der Waals surface area contributed by atoms with Crippen LogP contribution in [0.25, 0.3) is 11.1 Å². The molecule has 0 aliphatic carbocycles. The van der Waals surface area contributed by atoms with Crippen molar-refractivity contribution in [2.24, 2.45) is 0 Å². The number of nitrogens with one attached hydrogen (secondary N) is 1. The zero-order chi connectivity index (χ0) is 10.5. The van der Waals surface area contributed by atoms with Crippen LogP contribution in [0.1, 0.15) is 5.56 Å². The lowest BCUT2D eigenvalue weighted by Crippen LogP contribution is -2.05. The smallest absolute Gasteiger partial charge is 0.0346 e. The Morgan fingerprint density at radius 2 is 1.87 bits per heavy atom. The van der Waals surface area contributed by atoms with E-state index in [9.17, 15) is 0 Å². The summed E-state index contributed by atoms with van der Waals surface area (Å²) in [5.41, 5.74) is 3.59. The molecule has 15 heavy (non-hydrogen) atoms. The van der Waals surface area contributed by atoms with Crippen LogP contribution in [0.2, 0.25) is 0 Å². The normalized spacial score (nSPS) is 10.2. The van der Waals surface area contributed by atoms with Crippen molar-refractivity contribution >= 4 is 0 Å². The van der Waals surface area contributed by atoms with E-state index in [-0.39, 0.29) is 0 Å². The first-order valence-electron chi connectivity index (χ1n) is 5.04. The van der Waals surface area contributed by atoms with Crippen molar-refractivity contribution in [2.45, 2.75) is 6.54 Å². The summed E-state index contributed by atoms with van der Waals surface area (Å²) >= 11 is 0. The van der Waals surface area contributed by atoms with Crippen molar-refractivity contribution in [2.75, 3.05) is 7.05 Å². The van der Waals surface area contributed by atoms with E-state index in [2.05, 4.69) is 28.5 Å². The molecule has 0 atom stereocenters. The molecule has 0 bridgehead atoms. The first-order valence-corrected chi connectivity index (χ1v) is 5.04. The summed E-state index contributed by atoms with van der Waals surface area (Å²) in [4.78, 5) is 4.24. The monoisotopic (exact) mass is 198 g/mol. The molecule has 2 heteroatoms. The first-order chi connectivity index (χ1) is 7.40. The van der Waals surface area contributed by atoms with Gasteiger partial charge in [-0.2, -0.15) is 0 Å². The Morgan fingerprint density at radius 3 is 2.60 bits per heavy atom. The highest BCUT2D eigenvalue weighted by atomic mass is 14.8. The molecule has 1 aromatic heterocycles. The van der Waals surface area contributed by atoms with Gasteiger partial charge in [0.2, 0.25) is 0 Å². The molecule has 1 heterocycles. The van der Waals surface area contributed by atoms with Gasteiger partial charge in [-0.1, -0.05) is 30.3 Å². The molecule has 2 rings (SSSR count).